The number of fused-ring (bicyclic) bond motifs is 1. The first-order valence-electron chi connectivity index (χ1n) is 6.31. The molecule has 0 radical (unpaired) electrons. The first-order chi connectivity index (χ1) is 9.67. The van der Waals surface area contributed by atoms with E-state index in [2.05, 4.69) is 5.10 Å². The normalized spacial score (nSPS) is 14.3. The Balaban J connectivity index is 1.86. The maximum Gasteiger partial charge on any atom is 0.231 e. The number of hydrogen-bond donors (Lipinski definition) is 1. The second-order valence-corrected chi connectivity index (χ2v) is 4.66. The van der Waals surface area contributed by atoms with Gasteiger partial charge in [-0.1, -0.05) is 0 Å². The summed E-state index contributed by atoms with van der Waals surface area (Å²) in [5, 5.41) is 14.6. The van der Waals surface area contributed by atoms with Crippen molar-refractivity contribution in [3.8, 4) is 17.2 Å². The molecule has 1 N–H and O–H groups in total. The Morgan fingerprint density at radius 1 is 1.45 bits per heavy atom. The molecule has 2 aromatic rings. The summed E-state index contributed by atoms with van der Waals surface area (Å²) in [6.45, 7) is 0.172. The number of hydrogen-bond acceptors (Lipinski definition) is 5. The van der Waals surface area contributed by atoms with Crippen LogP contribution in [0.15, 0.2) is 24.4 Å². The summed E-state index contributed by atoms with van der Waals surface area (Å²) in [6.07, 6.45) is 1.61. The maximum absolute atomic E-state index is 10.3. The van der Waals surface area contributed by atoms with Crippen molar-refractivity contribution in [2.24, 2.45) is 7.05 Å². The van der Waals surface area contributed by atoms with E-state index in [1.54, 1.807) is 23.9 Å². The molecule has 2 heterocycles. The minimum Gasteiger partial charge on any atom is -0.493 e. The summed E-state index contributed by atoms with van der Waals surface area (Å²) in [6, 6.07) is 5.42. The lowest BCUT2D eigenvalue weighted by Crippen LogP contribution is -2.03. The van der Waals surface area contributed by atoms with Crippen LogP contribution < -0.4 is 14.2 Å². The van der Waals surface area contributed by atoms with Gasteiger partial charge in [0.1, 0.15) is 0 Å². The molecule has 1 aliphatic rings. The number of aliphatic hydroxyl groups is 1. The fourth-order valence-corrected chi connectivity index (χ4v) is 2.23. The Labute approximate surface area is 116 Å². The minimum absolute atomic E-state index is 0.172. The van der Waals surface area contributed by atoms with Gasteiger partial charge in [0, 0.05) is 19.7 Å². The summed E-state index contributed by atoms with van der Waals surface area (Å²) in [7, 11) is 3.41. The van der Waals surface area contributed by atoms with Gasteiger partial charge in [0.25, 0.3) is 0 Å². The smallest absolute Gasteiger partial charge is 0.231 e. The molecule has 1 unspecified atom stereocenters. The number of aryl methyl sites for hydroxylation is 1. The quantitative estimate of drug-likeness (QED) is 0.915. The molecule has 0 aliphatic carbocycles. The first kappa shape index (κ1) is 12.8. The second-order valence-electron chi connectivity index (χ2n) is 4.66. The number of benzene rings is 1. The summed E-state index contributed by atoms with van der Waals surface area (Å²) < 4.78 is 17.7. The Morgan fingerprint density at radius 3 is 3.00 bits per heavy atom. The molecule has 6 heteroatoms. The van der Waals surface area contributed by atoms with Crippen LogP contribution in [-0.4, -0.2) is 28.8 Å². The van der Waals surface area contributed by atoms with Crippen molar-refractivity contribution in [3.05, 3.63) is 35.7 Å². The van der Waals surface area contributed by atoms with E-state index in [9.17, 15) is 5.11 Å². The lowest BCUT2D eigenvalue weighted by atomic mass is 10.0. The Hall–Kier alpha value is -2.21. The Bertz CT molecular complexity index is 624. The molecule has 1 atom stereocenters. The predicted molar refractivity (Wildman–Crippen MR) is 71.0 cm³/mol. The summed E-state index contributed by atoms with van der Waals surface area (Å²) in [5.74, 6) is 1.75. The molecule has 0 bridgehead atoms. The molecule has 106 valence electrons. The SMILES string of the molecule is COc1cc(C(O)Cc2ccn(C)n2)cc2c1OCO2. The molecule has 20 heavy (non-hydrogen) atoms. The van der Waals surface area contributed by atoms with Crippen LogP contribution in [0.3, 0.4) is 0 Å². The molecule has 1 aromatic carbocycles. The van der Waals surface area contributed by atoms with E-state index in [0.717, 1.165) is 11.3 Å². The zero-order valence-electron chi connectivity index (χ0n) is 11.4. The standard InChI is InChI=1S/C14H16N2O4/c1-16-4-3-10(15-16)7-11(17)9-5-12(18-2)14-13(6-9)19-8-20-14/h3-6,11,17H,7-8H2,1-2H3. The van der Waals surface area contributed by atoms with Crippen molar-refractivity contribution in [1.82, 2.24) is 9.78 Å². The third kappa shape index (κ3) is 2.30. The van der Waals surface area contributed by atoms with E-state index < -0.39 is 6.10 Å². The molecular weight excluding hydrogens is 260 g/mol. The third-order valence-corrected chi connectivity index (χ3v) is 3.24. The van der Waals surface area contributed by atoms with Gasteiger partial charge >= 0.3 is 0 Å². The third-order valence-electron chi connectivity index (χ3n) is 3.24. The van der Waals surface area contributed by atoms with Gasteiger partial charge in [-0.25, -0.2) is 0 Å². The number of aromatic nitrogens is 2. The number of ether oxygens (including phenoxy) is 3. The van der Waals surface area contributed by atoms with Gasteiger partial charge in [0.05, 0.1) is 18.9 Å². The molecule has 3 rings (SSSR count). The van der Waals surface area contributed by atoms with Crippen LogP contribution in [0.4, 0.5) is 0 Å². The second kappa shape index (κ2) is 5.05. The van der Waals surface area contributed by atoms with Crippen LogP contribution in [0.2, 0.25) is 0 Å². The summed E-state index contributed by atoms with van der Waals surface area (Å²) in [4.78, 5) is 0. The molecule has 6 nitrogen and oxygen atoms in total. The fourth-order valence-electron chi connectivity index (χ4n) is 2.23. The highest BCUT2D eigenvalue weighted by molar-refractivity contribution is 5.55. The molecule has 0 amide bonds. The van der Waals surface area contributed by atoms with Crippen LogP contribution in [0, 0.1) is 0 Å². The van der Waals surface area contributed by atoms with Gasteiger partial charge in [0.15, 0.2) is 11.5 Å². The lowest BCUT2D eigenvalue weighted by molar-refractivity contribution is 0.170. The van der Waals surface area contributed by atoms with Gasteiger partial charge in [-0.2, -0.15) is 5.10 Å². The number of rotatable bonds is 4. The van der Waals surface area contributed by atoms with E-state index in [0.29, 0.717) is 23.7 Å². The van der Waals surface area contributed by atoms with E-state index in [-0.39, 0.29) is 6.79 Å². The van der Waals surface area contributed by atoms with Crippen LogP contribution >= 0.6 is 0 Å². The summed E-state index contributed by atoms with van der Waals surface area (Å²) >= 11 is 0. The van der Waals surface area contributed by atoms with Crippen LogP contribution in [0.1, 0.15) is 17.4 Å². The number of aliphatic hydroxyl groups excluding tert-OH is 1. The van der Waals surface area contributed by atoms with E-state index in [1.165, 1.54) is 0 Å². The molecule has 0 fully saturated rings. The lowest BCUT2D eigenvalue weighted by Gasteiger charge is -2.12. The van der Waals surface area contributed by atoms with E-state index in [4.69, 9.17) is 14.2 Å². The topological polar surface area (TPSA) is 65.7 Å². The van der Waals surface area contributed by atoms with Crippen molar-refractivity contribution in [2.45, 2.75) is 12.5 Å². The molecule has 0 saturated carbocycles. The molecule has 1 aromatic heterocycles. The van der Waals surface area contributed by atoms with Gasteiger partial charge < -0.3 is 19.3 Å². The van der Waals surface area contributed by atoms with Crippen molar-refractivity contribution >= 4 is 0 Å². The number of methoxy groups -OCH3 is 1. The van der Waals surface area contributed by atoms with Gasteiger partial charge in [-0.15, -0.1) is 0 Å². The molecule has 0 spiro atoms. The molecule has 1 aliphatic heterocycles. The van der Waals surface area contributed by atoms with Crippen molar-refractivity contribution in [2.75, 3.05) is 13.9 Å². The van der Waals surface area contributed by atoms with Crippen LogP contribution in [-0.2, 0) is 13.5 Å². The average Bonchev–Trinajstić information content (AvgIpc) is 3.06. The highest BCUT2D eigenvalue weighted by Crippen LogP contribution is 2.43. The molecular formula is C14H16N2O4. The van der Waals surface area contributed by atoms with E-state index in [1.807, 2.05) is 19.3 Å². The highest BCUT2D eigenvalue weighted by atomic mass is 16.7. The van der Waals surface area contributed by atoms with E-state index >= 15 is 0 Å². The molecule has 0 saturated heterocycles. The Morgan fingerprint density at radius 2 is 2.30 bits per heavy atom. The monoisotopic (exact) mass is 276 g/mol. The maximum atomic E-state index is 10.3. The first-order valence-corrected chi connectivity index (χ1v) is 6.31. The van der Waals surface area contributed by atoms with Gasteiger partial charge in [-0.3, -0.25) is 4.68 Å². The Kier molecular flexibility index (Phi) is 3.23. The zero-order valence-corrected chi connectivity index (χ0v) is 11.4. The van der Waals surface area contributed by atoms with Crippen molar-refractivity contribution < 1.29 is 19.3 Å². The van der Waals surface area contributed by atoms with Crippen LogP contribution in [0.5, 0.6) is 17.2 Å². The van der Waals surface area contributed by atoms with Crippen molar-refractivity contribution in [3.63, 3.8) is 0 Å². The largest absolute Gasteiger partial charge is 0.493 e. The fraction of sp³-hybridized carbons (Fsp3) is 0.357. The van der Waals surface area contributed by atoms with Gasteiger partial charge in [-0.05, 0) is 23.8 Å². The van der Waals surface area contributed by atoms with Crippen LogP contribution in [0.25, 0.3) is 0 Å². The average molecular weight is 276 g/mol. The summed E-state index contributed by atoms with van der Waals surface area (Å²) in [5.41, 5.74) is 1.55. The number of nitrogens with zero attached hydrogens (tertiary/aromatic N) is 2. The highest BCUT2D eigenvalue weighted by Gasteiger charge is 2.22. The van der Waals surface area contributed by atoms with Crippen molar-refractivity contribution in [1.29, 1.82) is 0 Å². The minimum atomic E-state index is -0.673. The van der Waals surface area contributed by atoms with Gasteiger partial charge in [0.2, 0.25) is 12.5 Å². The zero-order chi connectivity index (χ0) is 14.1. The predicted octanol–water partition coefficient (Wildman–Crippen LogP) is 1.43.